The van der Waals surface area contributed by atoms with Crippen molar-refractivity contribution in [1.29, 1.82) is 0 Å². The van der Waals surface area contributed by atoms with Crippen LogP contribution < -0.4 is 15.8 Å². The van der Waals surface area contributed by atoms with Crippen molar-refractivity contribution in [3.8, 4) is 5.75 Å². The van der Waals surface area contributed by atoms with Gasteiger partial charge in [-0.3, -0.25) is 4.90 Å². The van der Waals surface area contributed by atoms with E-state index in [-0.39, 0.29) is 0 Å². The van der Waals surface area contributed by atoms with Gasteiger partial charge in [0.15, 0.2) is 0 Å². The lowest BCUT2D eigenvalue weighted by Gasteiger charge is -2.32. The molecule has 5 nitrogen and oxygen atoms in total. The van der Waals surface area contributed by atoms with Crippen molar-refractivity contribution < 1.29 is 4.74 Å². The van der Waals surface area contributed by atoms with Gasteiger partial charge in [-0.25, -0.2) is 0 Å². The number of nitrogens with two attached hydrogens (primary N) is 1. The van der Waals surface area contributed by atoms with E-state index in [1.807, 2.05) is 18.2 Å². The average Bonchev–Trinajstić information content (AvgIpc) is 2.42. The molecule has 1 fully saturated rings. The van der Waals surface area contributed by atoms with Crippen molar-refractivity contribution in [2.45, 2.75) is 0 Å². The highest BCUT2D eigenvalue weighted by molar-refractivity contribution is 5.62. The van der Waals surface area contributed by atoms with Gasteiger partial charge in [0.25, 0.3) is 0 Å². The summed E-state index contributed by atoms with van der Waals surface area (Å²) in [6, 6.07) is 5.71. The molecule has 0 aromatic heterocycles. The van der Waals surface area contributed by atoms with E-state index in [0.717, 1.165) is 56.4 Å². The van der Waals surface area contributed by atoms with Gasteiger partial charge in [0.2, 0.25) is 0 Å². The Bertz CT molecular complexity index is 402. The number of nitrogens with one attached hydrogen (secondary N) is 1. The second-order valence-electron chi connectivity index (χ2n) is 5.03. The number of ether oxygens (including phenoxy) is 1. The topological polar surface area (TPSA) is 53.8 Å². The lowest BCUT2D eigenvalue weighted by Crippen LogP contribution is -2.45. The molecule has 0 unspecified atom stereocenters. The molecule has 1 aromatic carbocycles. The molecule has 0 atom stereocenters. The number of nitrogens with zero attached hydrogens (tertiary/aromatic N) is 2. The Balaban J connectivity index is 1.79. The minimum Gasteiger partial charge on any atom is -0.495 e. The summed E-state index contributed by atoms with van der Waals surface area (Å²) in [5.74, 6) is 0.804. The Labute approximate surface area is 115 Å². The molecule has 1 aliphatic heterocycles. The average molecular weight is 264 g/mol. The van der Waals surface area contributed by atoms with E-state index in [4.69, 9.17) is 10.5 Å². The second kappa shape index (κ2) is 6.63. The Morgan fingerprint density at radius 3 is 2.68 bits per heavy atom. The van der Waals surface area contributed by atoms with Crippen molar-refractivity contribution in [2.24, 2.45) is 0 Å². The Morgan fingerprint density at radius 1 is 1.26 bits per heavy atom. The van der Waals surface area contributed by atoms with Crippen LogP contribution in [0.25, 0.3) is 0 Å². The molecule has 0 spiro atoms. The van der Waals surface area contributed by atoms with E-state index in [1.54, 1.807) is 7.11 Å². The predicted octanol–water partition coefficient (Wildman–Crippen LogP) is 0.937. The summed E-state index contributed by atoms with van der Waals surface area (Å²) in [5.41, 5.74) is 7.47. The van der Waals surface area contributed by atoms with Gasteiger partial charge in [0.05, 0.1) is 12.8 Å². The largest absolute Gasteiger partial charge is 0.495 e. The number of likely N-dealkylation sites (N-methyl/N-ethyl adjacent to an activating group) is 1. The highest BCUT2D eigenvalue weighted by Crippen LogP contribution is 2.26. The fraction of sp³-hybridized carbons (Fsp3) is 0.571. The maximum Gasteiger partial charge on any atom is 0.143 e. The first-order chi connectivity index (χ1) is 9.19. The van der Waals surface area contributed by atoms with E-state index in [0.29, 0.717) is 0 Å². The van der Waals surface area contributed by atoms with Crippen LogP contribution in [0.2, 0.25) is 0 Å². The number of hydrogen-bond acceptors (Lipinski definition) is 5. The fourth-order valence-electron chi connectivity index (χ4n) is 2.27. The Hall–Kier alpha value is -1.46. The van der Waals surface area contributed by atoms with Gasteiger partial charge in [0, 0.05) is 51.0 Å². The lowest BCUT2D eigenvalue weighted by molar-refractivity contribution is 0.158. The van der Waals surface area contributed by atoms with Crippen LogP contribution in [-0.4, -0.2) is 63.2 Å². The number of anilines is 2. The molecule has 0 bridgehead atoms. The highest BCUT2D eigenvalue weighted by Gasteiger charge is 2.13. The summed E-state index contributed by atoms with van der Waals surface area (Å²) in [5, 5.41) is 3.41. The molecule has 0 radical (unpaired) electrons. The molecule has 0 aliphatic carbocycles. The predicted molar refractivity (Wildman–Crippen MR) is 79.8 cm³/mol. The molecule has 1 heterocycles. The summed E-state index contributed by atoms with van der Waals surface area (Å²) in [4.78, 5) is 4.85. The van der Waals surface area contributed by atoms with Crippen LogP contribution in [0.15, 0.2) is 18.2 Å². The van der Waals surface area contributed by atoms with Crippen LogP contribution >= 0.6 is 0 Å². The molecule has 0 saturated carbocycles. The van der Waals surface area contributed by atoms with Gasteiger partial charge in [0.1, 0.15) is 5.75 Å². The van der Waals surface area contributed by atoms with Gasteiger partial charge >= 0.3 is 0 Å². The second-order valence-corrected chi connectivity index (χ2v) is 5.03. The normalized spacial score (nSPS) is 17.4. The number of rotatable bonds is 5. The maximum absolute atomic E-state index is 5.74. The van der Waals surface area contributed by atoms with Crippen molar-refractivity contribution in [3.05, 3.63) is 18.2 Å². The molecular weight excluding hydrogens is 240 g/mol. The molecule has 19 heavy (non-hydrogen) atoms. The SMILES string of the molecule is COc1cc(N)ccc1NCCN1CCN(C)CC1. The van der Waals surface area contributed by atoms with Crippen molar-refractivity contribution in [3.63, 3.8) is 0 Å². The third kappa shape index (κ3) is 4.01. The first-order valence-corrected chi connectivity index (χ1v) is 6.77. The monoisotopic (exact) mass is 264 g/mol. The molecule has 1 aliphatic rings. The third-order valence-electron chi connectivity index (χ3n) is 3.56. The fourth-order valence-corrected chi connectivity index (χ4v) is 2.27. The summed E-state index contributed by atoms with van der Waals surface area (Å²) in [7, 11) is 3.84. The smallest absolute Gasteiger partial charge is 0.143 e. The zero-order valence-electron chi connectivity index (χ0n) is 11.9. The lowest BCUT2D eigenvalue weighted by atomic mass is 10.2. The van der Waals surface area contributed by atoms with Crippen LogP contribution in [0.5, 0.6) is 5.75 Å². The molecule has 1 saturated heterocycles. The number of hydrogen-bond donors (Lipinski definition) is 2. The minimum atomic E-state index is 0.724. The van der Waals surface area contributed by atoms with Gasteiger partial charge in [-0.1, -0.05) is 0 Å². The summed E-state index contributed by atoms with van der Waals surface area (Å²) in [6.07, 6.45) is 0. The van der Waals surface area contributed by atoms with Crippen molar-refractivity contribution in [1.82, 2.24) is 9.80 Å². The molecule has 1 aromatic rings. The highest BCUT2D eigenvalue weighted by atomic mass is 16.5. The number of nitrogen functional groups attached to an aromatic ring is 1. The Kier molecular flexibility index (Phi) is 4.87. The maximum atomic E-state index is 5.74. The minimum absolute atomic E-state index is 0.724. The van der Waals surface area contributed by atoms with Crippen molar-refractivity contribution >= 4 is 11.4 Å². The van der Waals surface area contributed by atoms with E-state index in [1.165, 1.54) is 0 Å². The van der Waals surface area contributed by atoms with Gasteiger partial charge in [-0.05, 0) is 19.2 Å². The molecule has 5 heteroatoms. The summed E-state index contributed by atoms with van der Waals surface area (Å²) < 4.78 is 5.32. The standard InChI is InChI=1S/C14H24N4O/c1-17-7-9-18(10-8-17)6-5-16-13-4-3-12(15)11-14(13)19-2/h3-4,11,16H,5-10,15H2,1-2H3. The van der Waals surface area contributed by atoms with E-state index in [9.17, 15) is 0 Å². The molecule has 0 amide bonds. The number of benzene rings is 1. The van der Waals surface area contributed by atoms with E-state index in [2.05, 4.69) is 22.2 Å². The van der Waals surface area contributed by atoms with Crippen LogP contribution in [-0.2, 0) is 0 Å². The van der Waals surface area contributed by atoms with Gasteiger partial charge < -0.3 is 20.7 Å². The van der Waals surface area contributed by atoms with E-state index >= 15 is 0 Å². The van der Waals surface area contributed by atoms with Crippen LogP contribution in [0, 0.1) is 0 Å². The summed E-state index contributed by atoms with van der Waals surface area (Å²) in [6.45, 7) is 6.59. The van der Waals surface area contributed by atoms with E-state index < -0.39 is 0 Å². The third-order valence-corrected chi connectivity index (χ3v) is 3.56. The zero-order chi connectivity index (χ0) is 13.7. The van der Waals surface area contributed by atoms with Crippen molar-refractivity contribution in [2.75, 3.05) is 64.5 Å². The molecule has 3 N–H and O–H groups in total. The number of methoxy groups -OCH3 is 1. The molecule has 106 valence electrons. The summed E-state index contributed by atoms with van der Waals surface area (Å²) >= 11 is 0. The first kappa shape index (κ1) is 14.0. The van der Waals surface area contributed by atoms with Gasteiger partial charge in [-0.2, -0.15) is 0 Å². The van der Waals surface area contributed by atoms with Crippen LogP contribution in [0.1, 0.15) is 0 Å². The molecular formula is C14H24N4O. The van der Waals surface area contributed by atoms with Crippen LogP contribution in [0.4, 0.5) is 11.4 Å². The zero-order valence-corrected chi connectivity index (χ0v) is 11.9. The van der Waals surface area contributed by atoms with Gasteiger partial charge in [-0.15, -0.1) is 0 Å². The first-order valence-electron chi connectivity index (χ1n) is 6.77. The number of piperazine rings is 1. The quantitative estimate of drug-likeness (QED) is 0.775. The van der Waals surface area contributed by atoms with Crippen LogP contribution in [0.3, 0.4) is 0 Å². The molecule has 2 rings (SSSR count). The Morgan fingerprint density at radius 2 is 2.00 bits per heavy atom.